The van der Waals surface area contributed by atoms with Gasteiger partial charge in [-0.1, -0.05) is 0 Å². The number of ether oxygens (including phenoxy) is 2. The van der Waals surface area contributed by atoms with E-state index in [0.717, 1.165) is 10.6 Å². The SMILES string of the molecule is COC(=O)C(C)(CSc1ccc(OC)cc1)NC(C)C. The minimum Gasteiger partial charge on any atom is -0.497 e. The molecule has 5 heteroatoms. The van der Waals surface area contributed by atoms with E-state index in [1.807, 2.05) is 45.0 Å². The maximum Gasteiger partial charge on any atom is 0.326 e. The summed E-state index contributed by atoms with van der Waals surface area (Å²) in [5.41, 5.74) is -0.701. The van der Waals surface area contributed by atoms with Gasteiger partial charge in [0.15, 0.2) is 0 Å². The normalized spacial score (nSPS) is 13.9. The standard InChI is InChI=1S/C15H23NO3S/c1-11(2)16-15(3,14(17)19-5)10-20-13-8-6-12(18-4)7-9-13/h6-9,11,16H,10H2,1-5H3. The summed E-state index contributed by atoms with van der Waals surface area (Å²) in [7, 11) is 3.06. The maximum atomic E-state index is 12.0. The van der Waals surface area contributed by atoms with E-state index in [2.05, 4.69) is 5.32 Å². The molecule has 1 aromatic rings. The average molecular weight is 297 g/mol. The van der Waals surface area contributed by atoms with Gasteiger partial charge in [0.25, 0.3) is 0 Å². The molecule has 0 amide bonds. The first-order chi connectivity index (χ1) is 9.41. The Morgan fingerprint density at radius 2 is 1.90 bits per heavy atom. The topological polar surface area (TPSA) is 47.6 Å². The van der Waals surface area contributed by atoms with Gasteiger partial charge in [-0.15, -0.1) is 11.8 Å². The van der Waals surface area contributed by atoms with Gasteiger partial charge in [-0.25, -0.2) is 0 Å². The van der Waals surface area contributed by atoms with Crippen LogP contribution in [0.2, 0.25) is 0 Å². The summed E-state index contributed by atoms with van der Waals surface area (Å²) in [5.74, 6) is 1.18. The largest absolute Gasteiger partial charge is 0.497 e. The van der Waals surface area contributed by atoms with Crippen LogP contribution < -0.4 is 10.1 Å². The summed E-state index contributed by atoms with van der Waals surface area (Å²) >= 11 is 1.61. The molecule has 0 aromatic heterocycles. The van der Waals surface area contributed by atoms with Gasteiger partial charge in [0.1, 0.15) is 11.3 Å². The predicted molar refractivity (Wildman–Crippen MR) is 82.4 cm³/mol. The van der Waals surface area contributed by atoms with Crippen molar-refractivity contribution < 1.29 is 14.3 Å². The van der Waals surface area contributed by atoms with Gasteiger partial charge in [0, 0.05) is 16.7 Å². The Morgan fingerprint density at radius 1 is 1.30 bits per heavy atom. The number of rotatable bonds is 7. The molecular weight excluding hydrogens is 274 g/mol. The molecule has 4 nitrogen and oxygen atoms in total. The van der Waals surface area contributed by atoms with Crippen molar-refractivity contribution in [2.45, 2.75) is 37.2 Å². The second kappa shape index (κ2) is 7.55. The van der Waals surface area contributed by atoms with Crippen LogP contribution in [0.25, 0.3) is 0 Å². The summed E-state index contributed by atoms with van der Waals surface area (Å²) in [6.45, 7) is 5.90. The van der Waals surface area contributed by atoms with E-state index < -0.39 is 5.54 Å². The first kappa shape index (κ1) is 16.9. The number of thioether (sulfide) groups is 1. The molecule has 1 unspecified atom stereocenters. The highest BCUT2D eigenvalue weighted by atomic mass is 32.2. The van der Waals surface area contributed by atoms with Crippen molar-refractivity contribution in [1.29, 1.82) is 0 Å². The zero-order valence-corrected chi connectivity index (χ0v) is 13.5. The molecule has 1 aromatic carbocycles. The highest BCUT2D eigenvalue weighted by Crippen LogP contribution is 2.25. The predicted octanol–water partition coefficient (Wildman–Crippen LogP) is 2.72. The fraction of sp³-hybridized carbons (Fsp3) is 0.533. The quantitative estimate of drug-likeness (QED) is 0.619. The Balaban J connectivity index is 2.72. The van der Waals surface area contributed by atoms with Crippen LogP contribution in [0, 0.1) is 0 Å². The number of hydrogen-bond donors (Lipinski definition) is 1. The molecule has 1 rings (SSSR count). The molecular formula is C15H23NO3S. The molecule has 0 aliphatic heterocycles. The fourth-order valence-corrected chi connectivity index (χ4v) is 2.91. The minimum absolute atomic E-state index is 0.204. The molecule has 0 aliphatic rings. The van der Waals surface area contributed by atoms with Crippen molar-refractivity contribution in [1.82, 2.24) is 5.32 Å². The summed E-state index contributed by atoms with van der Waals surface area (Å²) in [6, 6.07) is 7.99. The van der Waals surface area contributed by atoms with Crippen LogP contribution in [-0.2, 0) is 9.53 Å². The van der Waals surface area contributed by atoms with E-state index in [9.17, 15) is 4.79 Å². The zero-order valence-electron chi connectivity index (χ0n) is 12.7. The van der Waals surface area contributed by atoms with Gasteiger partial charge in [0.2, 0.25) is 0 Å². The van der Waals surface area contributed by atoms with E-state index in [1.165, 1.54) is 7.11 Å². The number of methoxy groups -OCH3 is 2. The van der Waals surface area contributed by atoms with E-state index >= 15 is 0 Å². The van der Waals surface area contributed by atoms with Crippen LogP contribution in [0.15, 0.2) is 29.2 Å². The Kier molecular flexibility index (Phi) is 6.36. The highest BCUT2D eigenvalue weighted by molar-refractivity contribution is 7.99. The lowest BCUT2D eigenvalue weighted by molar-refractivity contribution is -0.147. The van der Waals surface area contributed by atoms with Gasteiger partial charge in [-0.05, 0) is 45.0 Å². The lowest BCUT2D eigenvalue weighted by Crippen LogP contribution is -2.54. The molecule has 0 radical (unpaired) electrons. The Bertz CT molecular complexity index is 433. The Hall–Kier alpha value is -1.20. The molecule has 0 saturated heterocycles. The number of benzene rings is 1. The average Bonchev–Trinajstić information content (AvgIpc) is 2.44. The fourth-order valence-electron chi connectivity index (χ4n) is 1.92. The van der Waals surface area contributed by atoms with Crippen molar-refractivity contribution in [3.63, 3.8) is 0 Å². The molecule has 0 fully saturated rings. The van der Waals surface area contributed by atoms with E-state index in [4.69, 9.17) is 9.47 Å². The van der Waals surface area contributed by atoms with Crippen molar-refractivity contribution in [3.05, 3.63) is 24.3 Å². The summed E-state index contributed by atoms with van der Waals surface area (Å²) in [6.07, 6.45) is 0. The number of nitrogens with one attached hydrogen (secondary N) is 1. The van der Waals surface area contributed by atoms with Gasteiger partial charge >= 0.3 is 5.97 Å². The number of esters is 1. The van der Waals surface area contributed by atoms with E-state index in [1.54, 1.807) is 18.9 Å². The Morgan fingerprint density at radius 3 is 2.35 bits per heavy atom. The van der Waals surface area contributed by atoms with Crippen LogP contribution >= 0.6 is 11.8 Å². The molecule has 0 saturated carbocycles. The minimum atomic E-state index is -0.701. The van der Waals surface area contributed by atoms with Crippen molar-refractivity contribution >= 4 is 17.7 Å². The highest BCUT2D eigenvalue weighted by Gasteiger charge is 2.34. The van der Waals surface area contributed by atoms with Crippen molar-refractivity contribution in [2.75, 3.05) is 20.0 Å². The lowest BCUT2D eigenvalue weighted by atomic mass is 10.0. The monoisotopic (exact) mass is 297 g/mol. The molecule has 1 N–H and O–H groups in total. The zero-order chi connectivity index (χ0) is 15.2. The summed E-state index contributed by atoms with van der Waals surface area (Å²) in [5, 5.41) is 3.28. The second-order valence-corrected chi connectivity index (χ2v) is 6.14. The van der Waals surface area contributed by atoms with Crippen LogP contribution in [0.1, 0.15) is 20.8 Å². The summed E-state index contributed by atoms with van der Waals surface area (Å²) in [4.78, 5) is 13.1. The van der Waals surface area contributed by atoms with Gasteiger partial charge in [-0.2, -0.15) is 0 Å². The molecule has 0 heterocycles. The van der Waals surface area contributed by atoms with E-state index in [0.29, 0.717) is 5.75 Å². The molecule has 0 bridgehead atoms. The molecule has 1 atom stereocenters. The second-order valence-electron chi connectivity index (χ2n) is 5.09. The van der Waals surface area contributed by atoms with Crippen LogP contribution in [0.4, 0.5) is 0 Å². The van der Waals surface area contributed by atoms with Crippen LogP contribution in [0.3, 0.4) is 0 Å². The van der Waals surface area contributed by atoms with Gasteiger partial charge < -0.3 is 9.47 Å². The van der Waals surface area contributed by atoms with Crippen molar-refractivity contribution in [3.8, 4) is 5.75 Å². The van der Waals surface area contributed by atoms with Gasteiger partial charge in [0.05, 0.1) is 14.2 Å². The maximum absolute atomic E-state index is 12.0. The van der Waals surface area contributed by atoms with E-state index in [-0.39, 0.29) is 12.0 Å². The third kappa shape index (κ3) is 4.72. The van der Waals surface area contributed by atoms with Crippen LogP contribution in [-0.4, -0.2) is 37.5 Å². The first-order valence-electron chi connectivity index (χ1n) is 6.54. The smallest absolute Gasteiger partial charge is 0.326 e. The summed E-state index contributed by atoms with van der Waals surface area (Å²) < 4.78 is 10.0. The lowest BCUT2D eigenvalue weighted by Gasteiger charge is -2.29. The number of carbonyl (C=O) groups excluding carboxylic acids is 1. The van der Waals surface area contributed by atoms with Crippen LogP contribution in [0.5, 0.6) is 5.75 Å². The van der Waals surface area contributed by atoms with Crippen molar-refractivity contribution in [2.24, 2.45) is 0 Å². The number of carbonyl (C=O) groups is 1. The molecule has 112 valence electrons. The molecule has 20 heavy (non-hydrogen) atoms. The molecule has 0 spiro atoms. The number of hydrogen-bond acceptors (Lipinski definition) is 5. The third-order valence-electron chi connectivity index (χ3n) is 2.83. The first-order valence-corrected chi connectivity index (χ1v) is 7.53. The third-order valence-corrected chi connectivity index (χ3v) is 4.16. The Labute approximate surface area is 125 Å². The van der Waals surface area contributed by atoms with Gasteiger partial charge in [-0.3, -0.25) is 10.1 Å². The molecule has 0 aliphatic carbocycles.